The lowest BCUT2D eigenvalue weighted by Crippen LogP contribution is -2.38. The van der Waals surface area contributed by atoms with Crippen LogP contribution in [0.3, 0.4) is 0 Å². The van der Waals surface area contributed by atoms with E-state index in [0.717, 1.165) is 46.6 Å². The molecule has 2 nitrogen and oxygen atoms in total. The Balaban J connectivity index is 1.74. The second-order valence-electron chi connectivity index (χ2n) is 13.1. The van der Waals surface area contributed by atoms with E-state index in [2.05, 4.69) is 63.8 Å². The SMILES string of the molecule is C=CC(O/C(=C/C[P+](C1CCCCC1)(C1CCCCC1)C1CCCCC1)O[Si](CC)(CC)CC)c1ccccc1. The molecule has 3 aliphatic rings. The van der Waals surface area contributed by atoms with E-state index >= 15 is 0 Å². The van der Waals surface area contributed by atoms with E-state index in [-0.39, 0.29) is 6.10 Å². The van der Waals surface area contributed by atoms with Crippen LogP contribution in [0.15, 0.2) is 55.0 Å². The van der Waals surface area contributed by atoms with Crippen molar-refractivity contribution in [3.05, 3.63) is 60.6 Å². The molecule has 0 heterocycles. The molecule has 3 aliphatic carbocycles. The fourth-order valence-electron chi connectivity index (χ4n) is 8.57. The third-order valence-electron chi connectivity index (χ3n) is 11.2. The van der Waals surface area contributed by atoms with Crippen molar-refractivity contribution in [2.45, 2.75) is 158 Å². The number of hydrogen-bond donors (Lipinski definition) is 0. The van der Waals surface area contributed by atoms with Gasteiger partial charge in [0.15, 0.2) is 0 Å². The molecule has 0 radical (unpaired) electrons. The highest BCUT2D eigenvalue weighted by atomic mass is 31.2. The van der Waals surface area contributed by atoms with Crippen LogP contribution in [-0.2, 0) is 9.16 Å². The minimum absolute atomic E-state index is 0.170. The predicted molar refractivity (Wildman–Crippen MR) is 179 cm³/mol. The number of allylic oxidation sites excluding steroid dienone is 1. The summed E-state index contributed by atoms with van der Waals surface area (Å²) in [5.74, 6) is 0.845. The van der Waals surface area contributed by atoms with Crippen LogP contribution in [-0.4, -0.2) is 31.5 Å². The van der Waals surface area contributed by atoms with E-state index < -0.39 is 15.6 Å². The minimum atomic E-state index is -1.89. The van der Waals surface area contributed by atoms with Crippen molar-refractivity contribution < 1.29 is 9.16 Å². The van der Waals surface area contributed by atoms with Gasteiger partial charge in [-0.1, -0.05) is 76.9 Å². The molecular formula is C36H60O2PSi+. The topological polar surface area (TPSA) is 18.5 Å². The molecule has 0 N–H and O–H groups in total. The lowest BCUT2D eigenvalue weighted by atomic mass is 9.99. The summed E-state index contributed by atoms with van der Waals surface area (Å²) in [5, 5.41) is 0. The first-order valence-corrected chi connectivity index (χ1v) is 21.9. The zero-order valence-electron chi connectivity index (χ0n) is 26.3. The second kappa shape index (κ2) is 16.0. The normalized spacial score (nSPS) is 21.6. The fraction of sp³-hybridized carbons (Fsp3) is 0.722. The Morgan fingerprint density at radius 1 is 0.775 bits per heavy atom. The number of benzene rings is 1. The molecule has 4 heteroatoms. The van der Waals surface area contributed by atoms with E-state index in [0.29, 0.717) is 0 Å². The first kappa shape index (κ1) is 31.9. The summed E-state index contributed by atoms with van der Waals surface area (Å²) < 4.78 is 14.0. The summed E-state index contributed by atoms with van der Waals surface area (Å²) in [4.78, 5) is 0. The number of hydrogen-bond acceptors (Lipinski definition) is 2. The van der Waals surface area contributed by atoms with Gasteiger partial charge in [0.25, 0.3) is 14.3 Å². The average molecular weight is 584 g/mol. The van der Waals surface area contributed by atoms with Gasteiger partial charge in [0.05, 0.1) is 23.1 Å². The lowest BCUT2D eigenvalue weighted by Gasteiger charge is -2.48. The van der Waals surface area contributed by atoms with Gasteiger partial charge < -0.3 is 9.16 Å². The van der Waals surface area contributed by atoms with E-state index in [1.807, 2.05) is 6.08 Å². The quantitative estimate of drug-likeness (QED) is 0.0938. The molecule has 0 spiro atoms. The Labute approximate surface area is 249 Å². The van der Waals surface area contributed by atoms with Crippen molar-refractivity contribution >= 4 is 15.6 Å². The molecule has 0 aliphatic heterocycles. The van der Waals surface area contributed by atoms with Crippen LogP contribution in [0.1, 0.15) is 129 Å². The van der Waals surface area contributed by atoms with Gasteiger partial charge in [-0.15, -0.1) is 0 Å². The van der Waals surface area contributed by atoms with Crippen LogP contribution in [0.5, 0.6) is 0 Å². The third-order valence-corrected chi connectivity index (χ3v) is 22.1. The molecule has 1 atom stereocenters. The van der Waals surface area contributed by atoms with Crippen molar-refractivity contribution in [3.63, 3.8) is 0 Å². The van der Waals surface area contributed by atoms with Crippen LogP contribution in [0.25, 0.3) is 0 Å². The van der Waals surface area contributed by atoms with Gasteiger partial charge in [-0.3, -0.25) is 0 Å². The van der Waals surface area contributed by atoms with E-state index in [1.54, 1.807) is 0 Å². The summed E-state index contributed by atoms with van der Waals surface area (Å²) in [7, 11) is -3.13. The molecule has 0 bridgehead atoms. The van der Waals surface area contributed by atoms with Gasteiger partial charge in [0, 0.05) is 13.3 Å². The molecule has 3 saturated carbocycles. The zero-order chi connectivity index (χ0) is 28.3. The maximum Gasteiger partial charge on any atom is 0.265 e. The highest BCUT2D eigenvalue weighted by Gasteiger charge is 2.56. The van der Waals surface area contributed by atoms with Gasteiger partial charge in [-0.25, -0.2) is 0 Å². The van der Waals surface area contributed by atoms with Crippen molar-refractivity contribution in [2.75, 3.05) is 6.16 Å². The predicted octanol–water partition coefficient (Wildman–Crippen LogP) is 11.8. The monoisotopic (exact) mass is 583 g/mol. The maximum absolute atomic E-state index is 7.14. The Bertz CT molecular complexity index is 839. The highest BCUT2D eigenvalue weighted by Crippen LogP contribution is 2.77. The third kappa shape index (κ3) is 7.66. The summed E-state index contributed by atoms with van der Waals surface area (Å²) in [6, 6.07) is 14.0. The maximum atomic E-state index is 7.14. The number of rotatable bonds is 14. The molecular weight excluding hydrogens is 523 g/mol. The molecule has 4 rings (SSSR count). The fourth-order valence-corrected chi connectivity index (χ4v) is 18.2. The number of ether oxygens (including phenoxy) is 1. The smallest absolute Gasteiger partial charge is 0.265 e. The van der Waals surface area contributed by atoms with Crippen molar-refractivity contribution in [1.29, 1.82) is 0 Å². The molecule has 40 heavy (non-hydrogen) atoms. The molecule has 1 unspecified atom stereocenters. The Morgan fingerprint density at radius 3 is 1.62 bits per heavy atom. The van der Waals surface area contributed by atoms with Crippen molar-refractivity contribution in [1.82, 2.24) is 0 Å². The Kier molecular flexibility index (Phi) is 12.7. The summed E-state index contributed by atoms with van der Waals surface area (Å²) >= 11 is 0. The molecule has 1 aromatic carbocycles. The zero-order valence-corrected chi connectivity index (χ0v) is 28.2. The molecule has 3 fully saturated rings. The van der Waals surface area contributed by atoms with E-state index in [1.165, 1.54) is 102 Å². The van der Waals surface area contributed by atoms with Crippen LogP contribution in [0.4, 0.5) is 0 Å². The lowest BCUT2D eigenvalue weighted by molar-refractivity contribution is 0.0625. The minimum Gasteiger partial charge on any atom is -0.519 e. The van der Waals surface area contributed by atoms with Crippen LogP contribution >= 0.6 is 7.26 Å². The Hall–Kier alpha value is -1.05. The van der Waals surface area contributed by atoms with Gasteiger partial charge >= 0.3 is 0 Å². The summed E-state index contributed by atoms with van der Waals surface area (Å²) in [6.07, 6.45) is 27.6. The van der Waals surface area contributed by atoms with Crippen molar-refractivity contribution in [2.24, 2.45) is 0 Å². The second-order valence-corrected chi connectivity index (χ2v) is 22.3. The highest BCUT2D eigenvalue weighted by molar-refractivity contribution is 7.78. The average Bonchev–Trinajstić information content (AvgIpc) is 3.04. The summed E-state index contributed by atoms with van der Waals surface area (Å²) in [5.41, 5.74) is 4.08. The van der Waals surface area contributed by atoms with Crippen LogP contribution in [0.2, 0.25) is 18.1 Å². The van der Waals surface area contributed by atoms with Crippen LogP contribution in [0, 0.1) is 0 Å². The summed E-state index contributed by atoms with van der Waals surface area (Å²) in [6.45, 7) is 11.2. The largest absolute Gasteiger partial charge is 0.519 e. The molecule has 0 aromatic heterocycles. The van der Waals surface area contributed by atoms with E-state index in [4.69, 9.17) is 9.16 Å². The van der Waals surface area contributed by atoms with Crippen LogP contribution < -0.4 is 0 Å². The molecule has 224 valence electrons. The standard InChI is InChI=1S/C36H60O2PSi/c1-5-35(31-21-13-9-14-22-31)37-36(38-40(6-2,7-3)8-4)29-30-39(32-23-15-10-16-24-32,33-25-17-11-18-26-33)34-27-19-12-20-28-34/h5,9,13-14,21-22,29,32-35H,1,6-8,10-12,15-20,23-28,30H2,2-4H3/q+1/b36-29-. The molecule has 1 aromatic rings. The van der Waals surface area contributed by atoms with Gasteiger partial charge in [0.2, 0.25) is 0 Å². The van der Waals surface area contributed by atoms with Gasteiger partial charge in [0.1, 0.15) is 6.10 Å². The molecule has 0 amide bonds. The van der Waals surface area contributed by atoms with Gasteiger partial charge in [-0.05, 0) is 107 Å². The first-order valence-electron chi connectivity index (χ1n) is 17.2. The Morgan fingerprint density at radius 2 is 1.23 bits per heavy atom. The van der Waals surface area contributed by atoms with Gasteiger partial charge in [-0.2, -0.15) is 0 Å². The first-order chi connectivity index (χ1) is 19.6. The molecule has 0 saturated heterocycles. The van der Waals surface area contributed by atoms with Crippen molar-refractivity contribution in [3.8, 4) is 0 Å². The van der Waals surface area contributed by atoms with E-state index in [9.17, 15) is 0 Å².